The number of nitrogens with one attached hydrogen (secondary N) is 2. The Kier molecular flexibility index (Phi) is 7.38. The molecule has 2 N–H and O–H groups in total. The number of esters is 1. The van der Waals surface area contributed by atoms with Gasteiger partial charge in [0.05, 0.1) is 6.61 Å². The van der Waals surface area contributed by atoms with E-state index in [4.69, 9.17) is 0 Å². The summed E-state index contributed by atoms with van der Waals surface area (Å²) in [5.41, 5.74) is 3.93. The van der Waals surface area contributed by atoms with Crippen LogP contribution in [0.5, 0.6) is 0 Å². The highest BCUT2D eigenvalue weighted by Crippen LogP contribution is 1.81. The molecular weight excluding hydrogens is 224 g/mol. The van der Waals surface area contributed by atoms with Crippen molar-refractivity contribution in [2.24, 2.45) is 0 Å². The highest BCUT2D eigenvalue weighted by molar-refractivity contribution is 7.96. The average Bonchev–Trinajstić information content (AvgIpc) is 2.15. The molecule has 0 radical (unpaired) electrons. The lowest BCUT2D eigenvalue weighted by Crippen LogP contribution is -2.41. The van der Waals surface area contributed by atoms with Crippen molar-refractivity contribution in [2.45, 2.75) is 6.92 Å². The SMILES string of the molecule is CCOC(=O)COCC(=O)NNC(=O)S. The maximum atomic E-state index is 10.8. The Hall–Kier alpha value is -1.28. The van der Waals surface area contributed by atoms with Crippen molar-refractivity contribution in [2.75, 3.05) is 19.8 Å². The number of ether oxygens (including phenoxy) is 2. The summed E-state index contributed by atoms with van der Waals surface area (Å²) < 4.78 is 9.22. The Labute approximate surface area is 91.9 Å². The number of thiol groups is 1. The summed E-state index contributed by atoms with van der Waals surface area (Å²) >= 11 is 3.34. The number of hydrogen-bond acceptors (Lipinski definition) is 5. The van der Waals surface area contributed by atoms with Crippen LogP contribution in [0.2, 0.25) is 0 Å². The van der Waals surface area contributed by atoms with Crippen molar-refractivity contribution >= 4 is 29.7 Å². The van der Waals surface area contributed by atoms with Gasteiger partial charge in [0.2, 0.25) is 0 Å². The van der Waals surface area contributed by atoms with Crippen molar-refractivity contribution in [1.29, 1.82) is 0 Å². The van der Waals surface area contributed by atoms with Crippen LogP contribution in [-0.2, 0) is 19.1 Å². The van der Waals surface area contributed by atoms with Crippen LogP contribution in [0.15, 0.2) is 0 Å². The molecule has 8 heteroatoms. The van der Waals surface area contributed by atoms with Crippen molar-refractivity contribution in [3.63, 3.8) is 0 Å². The van der Waals surface area contributed by atoms with Gasteiger partial charge in [-0.25, -0.2) is 4.79 Å². The van der Waals surface area contributed by atoms with E-state index in [0.29, 0.717) is 0 Å². The van der Waals surface area contributed by atoms with E-state index in [-0.39, 0.29) is 19.8 Å². The minimum atomic E-state index is -0.700. The first-order valence-corrected chi connectivity index (χ1v) is 4.52. The molecule has 0 heterocycles. The first-order valence-electron chi connectivity index (χ1n) is 4.07. The van der Waals surface area contributed by atoms with Gasteiger partial charge < -0.3 is 9.47 Å². The van der Waals surface area contributed by atoms with Gasteiger partial charge in [0.15, 0.2) is 0 Å². The number of hydrogen-bond donors (Lipinski definition) is 3. The van der Waals surface area contributed by atoms with Gasteiger partial charge in [-0.05, 0) is 6.92 Å². The van der Waals surface area contributed by atoms with Crippen LogP contribution in [0.4, 0.5) is 4.79 Å². The summed E-state index contributed by atoms with van der Waals surface area (Å²) in [5.74, 6) is -1.15. The molecule has 15 heavy (non-hydrogen) atoms. The van der Waals surface area contributed by atoms with Gasteiger partial charge in [0, 0.05) is 0 Å². The average molecular weight is 236 g/mol. The highest BCUT2D eigenvalue weighted by atomic mass is 32.1. The van der Waals surface area contributed by atoms with E-state index in [0.717, 1.165) is 0 Å². The van der Waals surface area contributed by atoms with Crippen molar-refractivity contribution in [3.05, 3.63) is 0 Å². The molecule has 0 aliphatic carbocycles. The third-order valence-electron chi connectivity index (χ3n) is 1.07. The predicted molar refractivity (Wildman–Crippen MR) is 53.1 cm³/mol. The second-order valence-corrected chi connectivity index (χ2v) is 2.68. The van der Waals surface area contributed by atoms with Crippen LogP contribution in [0.1, 0.15) is 6.92 Å². The zero-order valence-corrected chi connectivity index (χ0v) is 9.00. The van der Waals surface area contributed by atoms with Gasteiger partial charge in [-0.15, -0.1) is 0 Å². The summed E-state index contributed by atoms with van der Waals surface area (Å²) in [5, 5.41) is -0.700. The molecular formula is C7H12N2O5S. The molecule has 0 aromatic rings. The molecule has 86 valence electrons. The minimum Gasteiger partial charge on any atom is -0.464 e. The quantitative estimate of drug-likeness (QED) is 0.331. The standard InChI is InChI=1S/C7H12N2O5S/c1-2-14-6(11)4-13-3-5(10)8-9-7(12)15/h2-4H2,1H3,(H,8,10)(H2,9,12,15). The lowest BCUT2D eigenvalue weighted by Gasteiger charge is -2.05. The molecule has 0 aromatic heterocycles. The second kappa shape index (κ2) is 8.06. The smallest absolute Gasteiger partial charge is 0.332 e. The van der Waals surface area contributed by atoms with Gasteiger partial charge in [-0.1, -0.05) is 12.6 Å². The van der Waals surface area contributed by atoms with Crippen LogP contribution in [0, 0.1) is 0 Å². The van der Waals surface area contributed by atoms with Crippen LogP contribution in [0.25, 0.3) is 0 Å². The number of carbonyl (C=O) groups excluding carboxylic acids is 3. The van der Waals surface area contributed by atoms with Crippen molar-refractivity contribution < 1.29 is 23.9 Å². The summed E-state index contributed by atoms with van der Waals surface area (Å²) in [4.78, 5) is 31.8. The fourth-order valence-electron chi connectivity index (χ4n) is 0.589. The number of hydrazine groups is 1. The molecule has 0 saturated heterocycles. The first-order chi connectivity index (χ1) is 7.06. The lowest BCUT2D eigenvalue weighted by atomic mass is 10.6. The van der Waals surface area contributed by atoms with Gasteiger partial charge in [0.25, 0.3) is 11.1 Å². The third kappa shape index (κ3) is 9.03. The summed E-state index contributed by atoms with van der Waals surface area (Å²) in [6.45, 7) is 1.25. The van der Waals surface area contributed by atoms with E-state index in [1.165, 1.54) is 0 Å². The summed E-state index contributed by atoms with van der Waals surface area (Å²) in [6, 6.07) is 0. The molecule has 0 saturated carbocycles. The molecule has 0 bridgehead atoms. The molecule has 0 spiro atoms. The lowest BCUT2D eigenvalue weighted by molar-refractivity contribution is -0.149. The van der Waals surface area contributed by atoms with E-state index < -0.39 is 17.1 Å². The summed E-state index contributed by atoms with van der Waals surface area (Å²) in [6.07, 6.45) is 0. The molecule has 0 aromatic carbocycles. The fraction of sp³-hybridized carbons (Fsp3) is 0.571. The molecule has 0 aliphatic rings. The normalized spacial score (nSPS) is 9.20. The predicted octanol–water partition coefficient (Wildman–Crippen LogP) is -0.763. The van der Waals surface area contributed by atoms with Crippen molar-refractivity contribution in [1.82, 2.24) is 10.9 Å². The van der Waals surface area contributed by atoms with Gasteiger partial charge in [-0.3, -0.25) is 20.4 Å². The zero-order valence-electron chi connectivity index (χ0n) is 8.11. The van der Waals surface area contributed by atoms with E-state index in [1.807, 2.05) is 10.9 Å². The Bertz CT molecular complexity index is 246. The summed E-state index contributed by atoms with van der Waals surface area (Å²) in [7, 11) is 0. The number of amides is 2. The molecule has 7 nitrogen and oxygen atoms in total. The Balaban J connectivity index is 3.46. The number of rotatable bonds is 5. The molecule has 0 fully saturated rings. The molecule has 0 unspecified atom stereocenters. The minimum absolute atomic E-state index is 0.254. The number of carbonyl (C=O) groups is 3. The third-order valence-corrected chi connectivity index (χ3v) is 1.18. The molecule has 0 atom stereocenters. The van der Waals surface area contributed by atoms with E-state index in [2.05, 4.69) is 22.1 Å². The molecule has 0 aliphatic heterocycles. The van der Waals surface area contributed by atoms with Crippen LogP contribution in [0.3, 0.4) is 0 Å². The Morgan fingerprint density at radius 1 is 1.20 bits per heavy atom. The van der Waals surface area contributed by atoms with Gasteiger partial charge in [-0.2, -0.15) is 0 Å². The largest absolute Gasteiger partial charge is 0.464 e. The molecule has 0 rings (SSSR count). The maximum absolute atomic E-state index is 10.8. The van der Waals surface area contributed by atoms with Crippen LogP contribution in [-0.4, -0.2) is 36.9 Å². The maximum Gasteiger partial charge on any atom is 0.332 e. The van der Waals surface area contributed by atoms with E-state index >= 15 is 0 Å². The second-order valence-electron chi connectivity index (χ2n) is 2.28. The zero-order chi connectivity index (χ0) is 11.7. The topological polar surface area (TPSA) is 93.7 Å². The van der Waals surface area contributed by atoms with E-state index in [9.17, 15) is 14.4 Å². The van der Waals surface area contributed by atoms with Crippen LogP contribution < -0.4 is 10.9 Å². The van der Waals surface area contributed by atoms with Gasteiger partial charge >= 0.3 is 5.97 Å². The Morgan fingerprint density at radius 2 is 1.87 bits per heavy atom. The molecule has 2 amide bonds. The highest BCUT2D eigenvalue weighted by Gasteiger charge is 2.05. The van der Waals surface area contributed by atoms with Crippen molar-refractivity contribution in [3.8, 4) is 0 Å². The monoisotopic (exact) mass is 236 g/mol. The van der Waals surface area contributed by atoms with Crippen LogP contribution >= 0.6 is 12.6 Å². The van der Waals surface area contributed by atoms with E-state index in [1.54, 1.807) is 6.92 Å². The fourth-order valence-corrected chi connectivity index (χ4v) is 0.645. The first kappa shape index (κ1) is 13.7. The Morgan fingerprint density at radius 3 is 2.40 bits per heavy atom. The van der Waals surface area contributed by atoms with Gasteiger partial charge in [0.1, 0.15) is 13.2 Å².